The van der Waals surface area contributed by atoms with Gasteiger partial charge in [0.2, 0.25) is 0 Å². The third-order valence-electron chi connectivity index (χ3n) is 10.5. The van der Waals surface area contributed by atoms with Crippen molar-refractivity contribution in [3.8, 4) is 23.0 Å². The van der Waals surface area contributed by atoms with Crippen molar-refractivity contribution in [2.24, 2.45) is 0 Å². The number of unbranched alkanes of at least 4 members (excludes halogenated alkanes) is 16. The molecule has 0 amide bonds. The van der Waals surface area contributed by atoms with Gasteiger partial charge >= 0.3 is 11.9 Å². The molecule has 0 aromatic heterocycles. The molecule has 0 spiro atoms. The molecule has 7 nitrogen and oxygen atoms in total. The number of esters is 2. The molecule has 0 fully saturated rings. The summed E-state index contributed by atoms with van der Waals surface area (Å²) in [7, 11) is 0. The van der Waals surface area contributed by atoms with Crippen molar-refractivity contribution in [1.82, 2.24) is 0 Å². The van der Waals surface area contributed by atoms with E-state index in [2.05, 4.69) is 13.8 Å². The molecule has 0 saturated heterocycles. The third-order valence-corrected chi connectivity index (χ3v) is 10.5. The monoisotopic (exact) mass is 816 g/mol. The maximum absolute atomic E-state index is 13.8. The number of allylic oxidation sites excluding steroid dienone is 1. The van der Waals surface area contributed by atoms with Crippen LogP contribution >= 0.6 is 0 Å². The van der Waals surface area contributed by atoms with E-state index < -0.39 is 0 Å². The first-order valence-electron chi connectivity index (χ1n) is 22.7. The van der Waals surface area contributed by atoms with Gasteiger partial charge in [-0.3, -0.25) is 14.4 Å². The van der Waals surface area contributed by atoms with Crippen LogP contribution in [-0.4, -0.2) is 17.7 Å². The lowest BCUT2D eigenvalue weighted by Gasteiger charge is -2.13. The van der Waals surface area contributed by atoms with Crippen molar-refractivity contribution < 1.29 is 33.3 Å². The van der Waals surface area contributed by atoms with Gasteiger partial charge in [-0.2, -0.15) is 0 Å². The molecule has 0 bridgehead atoms. The molecule has 322 valence electrons. The summed E-state index contributed by atoms with van der Waals surface area (Å²) in [5, 5.41) is 0. The first-order chi connectivity index (χ1) is 29.4. The van der Waals surface area contributed by atoms with E-state index in [9.17, 15) is 14.4 Å². The van der Waals surface area contributed by atoms with Gasteiger partial charge in [0.25, 0.3) is 0 Å². The van der Waals surface area contributed by atoms with E-state index in [1.807, 2.05) is 60.7 Å². The number of carbonyl (C=O) groups excluding carboxylic acids is 3. The second kappa shape index (κ2) is 29.1. The standard InChI is InChI=1S/C53H68O7/c1-3-5-7-9-11-13-15-17-25-31-52(55)59-46-35-33-45(50(39-46)57-41-43-27-21-19-22-28-43)34-38-49(54)48-37-36-47(40-51(48)58-42-44-29-23-20-24-30-44)60-53(56)32-26-18-16-14-12-10-8-6-4-2/h19-24,27-30,33-40H,3-18,25-26,31-32,41-42H2,1-2H3. The quantitative estimate of drug-likeness (QED) is 0.0164. The van der Waals surface area contributed by atoms with Gasteiger partial charge in [-0.1, -0.05) is 177 Å². The van der Waals surface area contributed by atoms with Crippen LogP contribution in [0.5, 0.6) is 23.0 Å². The average molecular weight is 817 g/mol. The minimum Gasteiger partial charge on any atom is -0.488 e. The first-order valence-corrected chi connectivity index (χ1v) is 22.7. The Hall–Kier alpha value is -5.17. The van der Waals surface area contributed by atoms with Crippen molar-refractivity contribution in [2.75, 3.05) is 0 Å². The highest BCUT2D eigenvalue weighted by Gasteiger charge is 2.16. The molecule has 4 aromatic rings. The lowest BCUT2D eigenvalue weighted by Crippen LogP contribution is -2.09. The lowest BCUT2D eigenvalue weighted by molar-refractivity contribution is -0.135. The van der Waals surface area contributed by atoms with Crippen LogP contribution in [0.3, 0.4) is 0 Å². The van der Waals surface area contributed by atoms with E-state index in [0.717, 1.165) is 49.7 Å². The second-order valence-electron chi connectivity index (χ2n) is 15.7. The zero-order valence-corrected chi connectivity index (χ0v) is 36.3. The number of hydrogen-bond acceptors (Lipinski definition) is 7. The summed E-state index contributed by atoms with van der Waals surface area (Å²) in [6.45, 7) is 4.99. The molecule has 0 atom stereocenters. The van der Waals surface area contributed by atoms with Gasteiger partial charge in [0.15, 0.2) is 5.78 Å². The van der Waals surface area contributed by atoms with Gasteiger partial charge < -0.3 is 18.9 Å². The Morgan fingerprint density at radius 1 is 0.467 bits per heavy atom. The van der Waals surface area contributed by atoms with Crippen LogP contribution in [0.2, 0.25) is 0 Å². The van der Waals surface area contributed by atoms with Crippen LogP contribution in [0.4, 0.5) is 0 Å². The number of ketones is 1. The topological polar surface area (TPSA) is 88.1 Å². The highest BCUT2D eigenvalue weighted by Crippen LogP contribution is 2.30. The summed E-state index contributed by atoms with van der Waals surface area (Å²) in [5.41, 5.74) is 2.89. The van der Waals surface area contributed by atoms with Crippen LogP contribution < -0.4 is 18.9 Å². The van der Waals surface area contributed by atoms with Crippen molar-refractivity contribution in [3.63, 3.8) is 0 Å². The van der Waals surface area contributed by atoms with Crippen LogP contribution in [0.25, 0.3) is 6.08 Å². The Balaban J connectivity index is 1.40. The Labute approximate surface area is 359 Å². The van der Waals surface area contributed by atoms with Crippen LogP contribution in [-0.2, 0) is 22.8 Å². The molecule has 60 heavy (non-hydrogen) atoms. The first kappa shape index (κ1) is 47.5. The summed E-state index contributed by atoms with van der Waals surface area (Å²) in [5.74, 6) is 0.651. The maximum atomic E-state index is 13.8. The van der Waals surface area contributed by atoms with Gasteiger partial charge in [-0.05, 0) is 60.4 Å². The molecule has 7 heteroatoms. The molecule has 4 rings (SSSR count). The third kappa shape index (κ3) is 19.3. The number of hydrogen-bond donors (Lipinski definition) is 0. The van der Waals surface area contributed by atoms with Crippen LogP contribution in [0.15, 0.2) is 103 Å². The van der Waals surface area contributed by atoms with Gasteiger partial charge in [-0.25, -0.2) is 0 Å². The fraction of sp³-hybridized carbons (Fsp3) is 0.453. The smallest absolute Gasteiger partial charge is 0.311 e. The second-order valence-corrected chi connectivity index (χ2v) is 15.7. The highest BCUT2D eigenvalue weighted by molar-refractivity contribution is 6.09. The number of benzene rings is 4. The van der Waals surface area contributed by atoms with Crippen molar-refractivity contribution >= 4 is 23.8 Å². The van der Waals surface area contributed by atoms with E-state index >= 15 is 0 Å². The molecule has 0 saturated carbocycles. The molecule has 0 N–H and O–H groups in total. The number of carbonyl (C=O) groups is 3. The van der Waals surface area contributed by atoms with E-state index in [-0.39, 0.29) is 24.3 Å². The maximum Gasteiger partial charge on any atom is 0.311 e. The summed E-state index contributed by atoms with van der Waals surface area (Å²) >= 11 is 0. The van der Waals surface area contributed by atoms with Gasteiger partial charge in [0.05, 0.1) is 5.56 Å². The van der Waals surface area contributed by atoms with Gasteiger partial charge in [-0.15, -0.1) is 0 Å². The largest absolute Gasteiger partial charge is 0.488 e. The minimum absolute atomic E-state index is 0.234. The Kier molecular flexibility index (Phi) is 23.1. The number of ether oxygens (including phenoxy) is 4. The molecule has 0 unspecified atom stereocenters. The van der Waals surface area contributed by atoms with Crippen molar-refractivity contribution in [3.05, 3.63) is 125 Å². The van der Waals surface area contributed by atoms with Gasteiger partial charge in [0, 0.05) is 30.5 Å². The van der Waals surface area contributed by atoms with Crippen LogP contribution in [0, 0.1) is 0 Å². The molecule has 0 aliphatic heterocycles. The van der Waals surface area contributed by atoms with E-state index in [1.54, 1.807) is 42.5 Å². The predicted octanol–water partition coefficient (Wildman–Crippen LogP) is 14.4. The molecular formula is C53H68O7. The molecular weight excluding hydrogens is 749 g/mol. The van der Waals surface area contributed by atoms with E-state index in [1.165, 1.54) is 83.1 Å². The Morgan fingerprint density at radius 3 is 1.37 bits per heavy atom. The zero-order valence-electron chi connectivity index (χ0n) is 36.3. The molecule has 0 heterocycles. The summed E-state index contributed by atoms with van der Waals surface area (Å²) in [6.07, 6.45) is 24.9. The van der Waals surface area contributed by atoms with E-state index in [0.29, 0.717) is 53.6 Å². The van der Waals surface area contributed by atoms with Gasteiger partial charge in [0.1, 0.15) is 36.2 Å². The molecule has 4 aromatic carbocycles. The Bertz CT molecular complexity index is 1850. The highest BCUT2D eigenvalue weighted by atomic mass is 16.5. The minimum atomic E-state index is -0.299. The molecule has 0 aliphatic rings. The predicted molar refractivity (Wildman–Crippen MR) is 243 cm³/mol. The van der Waals surface area contributed by atoms with Crippen LogP contribution in [0.1, 0.15) is 169 Å². The fourth-order valence-electron chi connectivity index (χ4n) is 6.98. The zero-order chi connectivity index (χ0) is 42.5. The molecule has 0 radical (unpaired) electrons. The average Bonchev–Trinajstić information content (AvgIpc) is 3.26. The lowest BCUT2D eigenvalue weighted by atomic mass is 10.1. The SMILES string of the molecule is CCCCCCCCCCCC(=O)Oc1ccc(C=CC(=O)c2ccc(OC(=O)CCCCCCCCCCC)cc2OCc2ccccc2)c(OCc2ccccc2)c1. The van der Waals surface area contributed by atoms with E-state index in [4.69, 9.17) is 18.9 Å². The normalized spacial score (nSPS) is 11.1. The number of rotatable bonds is 31. The molecule has 0 aliphatic carbocycles. The Morgan fingerprint density at radius 2 is 0.883 bits per heavy atom. The fourth-order valence-corrected chi connectivity index (χ4v) is 6.98. The summed E-state index contributed by atoms with van der Waals surface area (Å²) in [4.78, 5) is 39.4. The summed E-state index contributed by atoms with van der Waals surface area (Å²) < 4.78 is 23.9. The van der Waals surface area contributed by atoms with Crippen molar-refractivity contribution in [2.45, 2.75) is 155 Å². The van der Waals surface area contributed by atoms with Crippen molar-refractivity contribution in [1.29, 1.82) is 0 Å². The summed E-state index contributed by atoms with van der Waals surface area (Å²) in [6, 6.07) is 29.6.